The van der Waals surface area contributed by atoms with E-state index in [-0.39, 0.29) is 5.82 Å². The smallest absolute Gasteiger partial charge is 0.153 e. The van der Waals surface area contributed by atoms with Gasteiger partial charge in [-0.2, -0.15) is 0 Å². The minimum Gasteiger partial charge on any atom is -0.497 e. The summed E-state index contributed by atoms with van der Waals surface area (Å²) in [5, 5.41) is 5.97. The second-order valence-corrected chi connectivity index (χ2v) is 6.18. The summed E-state index contributed by atoms with van der Waals surface area (Å²) in [6.45, 7) is 0. The van der Waals surface area contributed by atoms with E-state index in [0.717, 1.165) is 33.1 Å². The number of halogens is 1. The van der Waals surface area contributed by atoms with E-state index in [0.29, 0.717) is 17.0 Å². The number of hydrogen-bond donors (Lipinski definition) is 1. The van der Waals surface area contributed by atoms with Gasteiger partial charge in [-0.15, -0.1) is 0 Å². The number of aromatic nitrogens is 2. The lowest BCUT2D eigenvalue weighted by atomic mass is 10.1. The molecule has 0 unspecified atom stereocenters. The standard InChI is InChI=1S/C21H14FN3O2/c1-26-14-7-12-3-2-6-23-21(12)17(9-14)25-20-10-16-15-5-4-13(22)8-18(15)27-19(16)11-24-20/h2-11H,1H3,(H,24,25). The van der Waals surface area contributed by atoms with Crippen LogP contribution < -0.4 is 10.1 Å². The summed E-state index contributed by atoms with van der Waals surface area (Å²) >= 11 is 0. The third-order valence-electron chi connectivity index (χ3n) is 4.50. The van der Waals surface area contributed by atoms with Crippen molar-refractivity contribution >= 4 is 44.3 Å². The van der Waals surface area contributed by atoms with Crippen molar-refractivity contribution in [3.05, 3.63) is 66.7 Å². The molecule has 0 bridgehead atoms. The average Bonchev–Trinajstić information content (AvgIpc) is 3.04. The van der Waals surface area contributed by atoms with Crippen molar-refractivity contribution in [1.29, 1.82) is 0 Å². The van der Waals surface area contributed by atoms with E-state index < -0.39 is 0 Å². The first-order valence-corrected chi connectivity index (χ1v) is 8.39. The van der Waals surface area contributed by atoms with Crippen LogP contribution in [0.5, 0.6) is 5.75 Å². The number of fused-ring (bicyclic) bond motifs is 4. The lowest BCUT2D eigenvalue weighted by molar-refractivity contribution is 0.415. The number of ether oxygens (including phenoxy) is 1. The highest BCUT2D eigenvalue weighted by Gasteiger charge is 2.11. The summed E-state index contributed by atoms with van der Waals surface area (Å²) in [5.74, 6) is 1.03. The fraction of sp³-hybridized carbons (Fsp3) is 0.0476. The number of benzene rings is 2. The van der Waals surface area contributed by atoms with E-state index in [4.69, 9.17) is 9.15 Å². The molecule has 0 amide bonds. The maximum absolute atomic E-state index is 13.4. The maximum atomic E-state index is 13.4. The number of furan rings is 1. The highest BCUT2D eigenvalue weighted by molar-refractivity contribution is 6.05. The van der Waals surface area contributed by atoms with Gasteiger partial charge in [-0.05, 0) is 30.3 Å². The Labute approximate surface area is 153 Å². The largest absolute Gasteiger partial charge is 0.497 e. The zero-order chi connectivity index (χ0) is 18.4. The van der Waals surface area contributed by atoms with E-state index in [9.17, 15) is 4.39 Å². The Hall–Kier alpha value is -3.67. The van der Waals surface area contributed by atoms with Crippen molar-refractivity contribution < 1.29 is 13.5 Å². The van der Waals surface area contributed by atoms with Gasteiger partial charge in [0.05, 0.1) is 24.5 Å². The van der Waals surface area contributed by atoms with Gasteiger partial charge in [0.15, 0.2) is 5.58 Å². The van der Waals surface area contributed by atoms with Crippen LogP contribution in [0.2, 0.25) is 0 Å². The summed E-state index contributed by atoms with van der Waals surface area (Å²) < 4.78 is 24.5. The third kappa shape index (κ3) is 2.62. The van der Waals surface area contributed by atoms with E-state index in [1.54, 1.807) is 25.6 Å². The Morgan fingerprint density at radius 2 is 1.93 bits per heavy atom. The summed E-state index contributed by atoms with van der Waals surface area (Å²) in [6.07, 6.45) is 3.38. The predicted octanol–water partition coefficient (Wildman–Crippen LogP) is 5.42. The first-order valence-electron chi connectivity index (χ1n) is 8.39. The molecule has 0 radical (unpaired) electrons. The van der Waals surface area contributed by atoms with E-state index in [1.165, 1.54) is 12.1 Å². The van der Waals surface area contributed by atoms with Crippen molar-refractivity contribution in [3.8, 4) is 5.75 Å². The normalized spacial score (nSPS) is 11.3. The summed E-state index contributed by atoms with van der Waals surface area (Å²) in [6, 6.07) is 14.1. The van der Waals surface area contributed by atoms with Gasteiger partial charge in [-0.25, -0.2) is 9.37 Å². The molecule has 3 heterocycles. The second-order valence-electron chi connectivity index (χ2n) is 6.18. The molecule has 3 aromatic heterocycles. The quantitative estimate of drug-likeness (QED) is 0.466. The van der Waals surface area contributed by atoms with Gasteiger partial charge in [0, 0.05) is 34.5 Å². The zero-order valence-electron chi connectivity index (χ0n) is 14.4. The van der Waals surface area contributed by atoms with Gasteiger partial charge in [0.2, 0.25) is 0 Å². The molecule has 0 saturated heterocycles. The van der Waals surface area contributed by atoms with Crippen molar-refractivity contribution in [2.45, 2.75) is 0 Å². The molecule has 2 aromatic carbocycles. The molecule has 0 fully saturated rings. The van der Waals surface area contributed by atoms with Crippen molar-refractivity contribution in [2.75, 3.05) is 12.4 Å². The Balaban J connectivity index is 1.64. The van der Waals surface area contributed by atoms with Crippen LogP contribution in [0.25, 0.3) is 32.8 Å². The molecule has 0 spiro atoms. The number of pyridine rings is 2. The summed E-state index contributed by atoms with van der Waals surface area (Å²) in [5.41, 5.74) is 2.71. The minimum absolute atomic E-state index is 0.332. The van der Waals surface area contributed by atoms with Crippen molar-refractivity contribution in [1.82, 2.24) is 9.97 Å². The second kappa shape index (κ2) is 5.95. The number of nitrogens with zero attached hydrogens (tertiary/aromatic N) is 2. The van der Waals surface area contributed by atoms with Crippen LogP contribution in [0.4, 0.5) is 15.9 Å². The number of anilines is 2. The maximum Gasteiger partial charge on any atom is 0.153 e. The van der Waals surface area contributed by atoms with E-state index in [2.05, 4.69) is 15.3 Å². The first kappa shape index (κ1) is 15.6. The van der Waals surface area contributed by atoms with Crippen LogP contribution in [0.15, 0.2) is 65.3 Å². The zero-order valence-corrected chi connectivity index (χ0v) is 14.4. The molecule has 0 aliphatic carbocycles. The fourth-order valence-corrected chi connectivity index (χ4v) is 3.24. The van der Waals surface area contributed by atoms with Gasteiger partial charge in [0.25, 0.3) is 0 Å². The fourth-order valence-electron chi connectivity index (χ4n) is 3.24. The van der Waals surface area contributed by atoms with Crippen molar-refractivity contribution in [2.24, 2.45) is 0 Å². The molecular formula is C21H14FN3O2. The van der Waals surface area contributed by atoms with Crippen LogP contribution >= 0.6 is 0 Å². The predicted molar refractivity (Wildman–Crippen MR) is 103 cm³/mol. The van der Waals surface area contributed by atoms with Crippen LogP contribution in [0.3, 0.4) is 0 Å². The molecule has 6 heteroatoms. The van der Waals surface area contributed by atoms with Crippen LogP contribution in [-0.2, 0) is 0 Å². The Morgan fingerprint density at radius 1 is 1.00 bits per heavy atom. The van der Waals surface area contributed by atoms with Crippen LogP contribution in [0.1, 0.15) is 0 Å². The van der Waals surface area contributed by atoms with Crippen molar-refractivity contribution in [3.63, 3.8) is 0 Å². The molecule has 0 saturated carbocycles. The molecular weight excluding hydrogens is 345 g/mol. The third-order valence-corrected chi connectivity index (χ3v) is 4.50. The highest BCUT2D eigenvalue weighted by Crippen LogP contribution is 2.33. The Kier molecular flexibility index (Phi) is 3.43. The molecule has 0 aliphatic heterocycles. The molecule has 5 rings (SSSR count). The monoisotopic (exact) mass is 359 g/mol. The Morgan fingerprint density at radius 3 is 2.81 bits per heavy atom. The number of methoxy groups -OCH3 is 1. The average molecular weight is 359 g/mol. The molecule has 5 aromatic rings. The Bertz CT molecular complexity index is 1310. The van der Waals surface area contributed by atoms with Gasteiger partial charge in [-0.1, -0.05) is 6.07 Å². The lowest BCUT2D eigenvalue weighted by Gasteiger charge is -2.11. The number of rotatable bonds is 3. The highest BCUT2D eigenvalue weighted by atomic mass is 19.1. The van der Waals surface area contributed by atoms with Gasteiger partial charge in [-0.3, -0.25) is 4.98 Å². The van der Waals surface area contributed by atoms with E-state index in [1.807, 2.05) is 30.3 Å². The minimum atomic E-state index is -0.332. The van der Waals surface area contributed by atoms with Gasteiger partial charge in [0.1, 0.15) is 23.0 Å². The molecule has 0 atom stereocenters. The SMILES string of the molecule is COc1cc(Nc2cc3c(cn2)oc2cc(F)ccc23)c2ncccc2c1. The lowest BCUT2D eigenvalue weighted by Crippen LogP contribution is -1.96. The van der Waals surface area contributed by atoms with E-state index >= 15 is 0 Å². The summed E-state index contributed by atoms with van der Waals surface area (Å²) in [7, 11) is 1.63. The van der Waals surface area contributed by atoms with Gasteiger partial charge >= 0.3 is 0 Å². The molecule has 5 nitrogen and oxygen atoms in total. The summed E-state index contributed by atoms with van der Waals surface area (Å²) in [4.78, 5) is 8.87. The first-order chi connectivity index (χ1) is 13.2. The molecule has 132 valence electrons. The molecule has 27 heavy (non-hydrogen) atoms. The van der Waals surface area contributed by atoms with Gasteiger partial charge < -0.3 is 14.5 Å². The molecule has 1 N–H and O–H groups in total. The topological polar surface area (TPSA) is 60.2 Å². The van der Waals surface area contributed by atoms with Crippen LogP contribution in [0, 0.1) is 5.82 Å². The van der Waals surface area contributed by atoms with Crippen LogP contribution in [-0.4, -0.2) is 17.1 Å². The molecule has 0 aliphatic rings. The number of nitrogens with one attached hydrogen (secondary N) is 1. The number of hydrogen-bond acceptors (Lipinski definition) is 5.